The van der Waals surface area contributed by atoms with Gasteiger partial charge in [-0.3, -0.25) is 4.98 Å². The van der Waals surface area contributed by atoms with Crippen molar-refractivity contribution in [1.29, 1.82) is 0 Å². The van der Waals surface area contributed by atoms with Crippen LogP contribution in [0.15, 0.2) is 42.6 Å². The molecule has 0 bridgehead atoms. The van der Waals surface area contributed by atoms with Gasteiger partial charge in [0.1, 0.15) is 0 Å². The van der Waals surface area contributed by atoms with E-state index in [0.29, 0.717) is 10.7 Å². The zero-order valence-corrected chi connectivity index (χ0v) is 8.78. The van der Waals surface area contributed by atoms with Crippen molar-refractivity contribution in [1.82, 2.24) is 4.98 Å². The predicted molar refractivity (Wildman–Crippen MR) is 60.6 cm³/mol. The number of rotatable bonds is 2. The molecule has 0 saturated carbocycles. The van der Waals surface area contributed by atoms with Gasteiger partial charge in [0.25, 0.3) is 0 Å². The number of aliphatic hydroxyl groups is 1. The lowest BCUT2D eigenvalue weighted by atomic mass is 10.0. The molecule has 1 N–H and O–H groups in total. The Labute approximate surface area is 93.2 Å². The van der Waals surface area contributed by atoms with Crippen LogP contribution in [0.2, 0.25) is 5.02 Å². The summed E-state index contributed by atoms with van der Waals surface area (Å²) in [5.74, 6) is 0. The Morgan fingerprint density at radius 2 is 1.87 bits per heavy atom. The van der Waals surface area contributed by atoms with Gasteiger partial charge in [-0.2, -0.15) is 0 Å². The second kappa shape index (κ2) is 4.43. The molecule has 2 nitrogen and oxygen atoms in total. The summed E-state index contributed by atoms with van der Waals surface area (Å²) in [6, 6.07) is 11.4. The minimum Gasteiger partial charge on any atom is -0.390 e. The quantitative estimate of drug-likeness (QED) is 0.843. The summed E-state index contributed by atoms with van der Waals surface area (Å²) in [7, 11) is 0. The number of aliphatic hydroxyl groups excluding tert-OH is 1. The summed E-state index contributed by atoms with van der Waals surface area (Å²) in [5, 5.41) is 9.79. The molecule has 0 saturated heterocycles. The molecule has 1 aromatic carbocycles. The molecule has 3 heteroatoms. The predicted octanol–water partition coefficient (Wildman–Crippen LogP) is 2.89. The summed E-state index contributed by atoms with van der Waals surface area (Å²) >= 11 is 6.09. The van der Waals surface area contributed by atoms with E-state index in [1.54, 1.807) is 12.3 Å². The van der Waals surface area contributed by atoms with Crippen LogP contribution in [-0.2, 0) is 6.61 Å². The summed E-state index contributed by atoms with van der Waals surface area (Å²) in [6.07, 6.45) is 1.60. The van der Waals surface area contributed by atoms with Gasteiger partial charge in [-0.1, -0.05) is 41.9 Å². The third-order valence-electron chi connectivity index (χ3n) is 2.19. The second-order valence-corrected chi connectivity index (χ2v) is 3.55. The van der Waals surface area contributed by atoms with Crippen LogP contribution in [0.25, 0.3) is 11.1 Å². The first-order valence-electron chi connectivity index (χ1n) is 4.62. The van der Waals surface area contributed by atoms with Crippen molar-refractivity contribution in [2.24, 2.45) is 0 Å². The van der Waals surface area contributed by atoms with Crippen LogP contribution in [0.1, 0.15) is 5.69 Å². The summed E-state index contributed by atoms with van der Waals surface area (Å²) in [5.41, 5.74) is 2.38. The van der Waals surface area contributed by atoms with Gasteiger partial charge in [0.05, 0.1) is 17.3 Å². The molecule has 76 valence electrons. The molecule has 0 aliphatic rings. The first-order chi connectivity index (χ1) is 7.33. The minimum atomic E-state index is -0.106. The average molecular weight is 220 g/mol. The maximum absolute atomic E-state index is 9.18. The molecule has 0 atom stereocenters. The zero-order chi connectivity index (χ0) is 10.7. The number of aromatic nitrogens is 1. The lowest BCUT2D eigenvalue weighted by molar-refractivity contribution is 0.277. The maximum Gasteiger partial charge on any atom is 0.0859 e. The molecule has 0 aliphatic carbocycles. The van der Waals surface area contributed by atoms with Gasteiger partial charge in [-0.05, 0) is 11.6 Å². The fraction of sp³-hybridized carbons (Fsp3) is 0.0833. The monoisotopic (exact) mass is 219 g/mol. The van der Waals surface area contributed by atoms with Crippen LogP contribution in [-0.4, -0.2) is 10.1 Å². The van der Waals surface area contributed by atoms with Gasteiger partial charge in [-0.15, -0.1) is 0 Å². The van der Waals surface area contributed by atoms with Crippen LogP contribution in [0.4, 0.5) is 0 Å². The lowest BCUT2D eigenvalue weighted by Crippen LogP contribution is -1.94. The second-order valence-electron chi connectivity index (χ2n) is 3.14. The van der Waals surface area contributed by atoms with E-state index in [9.17, 15) is 5.11 Å². The van der Waals surface area contributed by atoms with E-state index in [0.717, 1.165) is 11.1 Å². The molecule has 1 heterocycles. The Morgan fingerprint density at radius 1 is 1.13 bits per heavy atom. The van der Waals surface area contributed by atoms with Gasteiger partial charge in [0.2, 0.25) is 0 Å². The van der Waals surface area contributed by atoms with Gasteiger partial charge >= 0.3 is 0 Å². The fourth-order valence-electron chi connectivity index (χ4n) is 1.51. The number of nitrogens with zero attached hydrogens (tertiary/aromatic N) is 1. The Hall–Kier alpha value is -1.38. The topological polar surface area (TPSA) is 33.1 Å². The Kier molecular flexibility index (Phi) is 2.99. The van der Waals surface area contributed by atoms with Gasteiger partial charge in [0, 0.05) is 11.8 Å². The normalized spacial score (nSPS) is 10.3. The molecule has 0 unspecified atom stereocenters. The van der Waals surface area contributed by atoms with E-state index in [1.165, 1.54) is 0 Å². The molecule has 0 radical (unpaired) electrons. The van der Waals surface area contributed by atoms with Crippen molar-refractivity contribution in [3.8, 4) is 11.1 Å². The molecule has 0 aliphatic heterocycles. The molecule has 0 spiro atoms. The molecular weight excluding hydrogens is 210 g/mol. The zero-order valence-electron chi connectivity index (χ0n) is 8.02. The molecule has 2 aromatic rings. The number of halogens is 1. The van der Waals surface area contributed by atoms with Gasteiger partial charge in [0.15, 0.2) is 0 Å². The smallest absolute Gasteiger partial charge is 0.0859 e. The highest BCUT2D eigenvalue weighted by molar-refractivity contribution is 6.33. The maximum atomic E-state index is 9.18. The number of benzene rings is 1. The lowest BCUT2D eigenvalue weighted by Gasteiger charge is -2.08. The van der Waals surface area contributed by atoms with E-state index in [4.69, 9.17) is 11.6 Å². The molecule has 0 amide bonds. The van der Waals surface area contributed by atoms with E-state index < -0.39 is 0 Å². The first-order valence-corrected chi connectivity index (χ1v) is 5.00. The van der Waals surface area contributed by atoms with Crippen LogP contribution in [0.5, 0.6) is 0 Å². The number of hydrogen-bond acceptors (Lipinski definition) is 2. The Balaban J connectivity index is 2.61. The summed E-state index contributed by atoms with van der Waals surface area (Å²) in [4.78, 5) is 4.10. The number of hydrogen-bond donors (Lipinski definition) is 1. The van der Waals surface area contributed by atoms with Crippen LogP contribution in [0.3, 0.4) is 0 Å². The van der Waals surface area contributed by atoms with E-state index in [1.807, 2.05) is 30.3 Å². The Morgan fingerprint density at radius 3 is 2.53 bits per heavy atom. The standard InChI is InChI=1S/C12H10ClNO/c13-10-6-7-14-11(8-15)12(10)9-4-2-1-3-5-9/h1-7,15H,8H2. The minimum absolute atomic E-state index is 0.106. The van der Waals surface area contributed by atoms with Crippen molar-refractivity contribution >= 4 is 11.6 Å². The van der Waals surface area contributed by atoms with Crippen LogP contribution < -0.4 is 0 Å². The Bertz CT molecular complexity index is 456. The highest BCUT2D eigenvalue weighted by Crippen LogP contribution is 2.29. The summed E-state index contributed by atoms with van der Waals surface area (Å²) < 4.78 is 0. The van der Waals surface area contributed by atoms with Gasteiger partial charge in [-0.25, -0.2) is 0 Å². The largest absolute Gasteiger partial charge is 0.390 e. The van der Waals surface area contributed by atoms with E-state index >= 15 is 0 Å². The van der Waals surface area contributed by atoms with Crippen molar-refractivity contribution in [2.75, 3.05) is 0 Å². The highest BCUT2D eigenvalue weighted by atomic mass is 35.5. The van der Waals surface area contributed by atoms with Crippen molar-refractivity contribution in [3.05, 3.63) is 53.3 Å². The molecule has 15 heavy (non-hydrogen) atoms. The molecule has 2 rings (SSSR count). The van der Waals surface area contributed by atoms with Crippen molar-refractivity contribution in [3.63, 3.8) is 0 Å². The molecule has 1 aromatic heterocycles. The van der Waals surface area contributed by atoms with Crippen molar-refractivity contribution in [2.45, 2.75) is 6.61 Å². The first kappa shape index (κ1) is 10.1. The third-order valence-corrected chi connectivity index (χ3v) is 2.51. The third kappa shape index (κ3) is 2.01. The average Bonchev–Trinajstić information content (AvgIpc) is 2.29. The molecular formula is C12H10ClNO. The van der Waals surface area contributed by atoms with Gasteiger partial charge < -0.3 is 5.11 Å². The van der Waals surface area contributed by atoms with Crippen LogP contribution in [0, 0.1) is 0 Å². The molecule has 0 fully saturated rings. The summed E-state index contributed by atoms with van der Waals surface area (Å²) in [6.45, 7) is -0.106. The van der Waals surface area contributed by atoms with Crippen molar-refractivity contribution < 1.29 is 5.11 Å². The highest BCUT2D eigenvalue weighted by Gasteiger charge is 2.09. The number of pyridine rings is 1. The van der Waals surface area contributed by atoms with Crippen LogP contribution >= 0.6 is 11.6 Å². The van der Waals surface area contributed by atoms with E-state index in [-0.39, 0.29) is 6.61 Å². The van der Waals surface area contributed by atoms with E-state index in [2.05, 4.69) is 4.98 Å². The SMILES string of the molecule is OCc1nccc(Cl)c1-c1ccccc1. The fourth-order valence-corrected chi connectivity index (χ4v) is 1.78.